The number of ether oxygens (including phenoxy) is 1. The van der Waals surface area contributed by atoms with Crippen molar-refractivity contribution in [3.63, 3.8) is 0 Å². The van der Waals surface area contributed by atoms with Crippen molar-refractivity contribution in [2.75, 3.05) is 31.6 Å². The van der Waals surface area contributed by atoms with Crippen molar-refractivity contribution in [2.24, 2.45) is 5.92 Å². The van der Waals surface area contributed by atoms with Crippen LogP contribution in [-0.4, -0.2) is 37.7 Å². The van der Waals surface area contributed by atoms with Gasteiger partial charge in [0.2, 0.25) is 0 Å². The topological polar surface area (TPSA) is 15.7 Å². The molecule has 186 valence electrons. The second-order valence-electron chi connectivity index (χ2n) is 9.44. The third-order valence-corrected chi connectivity index (χ3v) is 7.89. The molecule has 0 N–H and O–H groups in total. The molecule has 0 saturated heterocycles. The Labute approximate surface area is 216 Å². The molecule has 0 aromatic heterocycles. The highest BCUT2D eigenvalue weighted by Gasteiger charge is 2.45. The average Bonchev–Trinajstić information content (AvgIpc) is 2.84. The molecule has 1 fully saturated rings. The highest BCUT2D eigenvalue weighted by Crippen LogP contribution is 2.47. The summed E-state index contributed by atoms with van der Waals surface area (Å²) in [7, 11) is 1.72. The molecule has 1 aliphatic rings. The number of anilines is 1. The van der Waals surface area contributed by atoms with Gasteiger partial charge in [-0.15, -0.1) is 0 Å². The van der Waals surface area contributed by atoms with E-state index in [0.717, 1.165) is 61.8 Å². The predicted octanol–water partition coefficient (Wildman–Crippen LogP) is 8.20. The monoisotopic (exact) mass is 502 g/mol. The summed E-state index contributed by atoms with van der Waals surface area (Å²) in [4.78, 5) is 5.21. The SMILES string of the molecule is CC=CCN(CCC)C1(c2ccc(Cl)cc2)CCC(N(CC)c2ccc(Cl)cc2OC)C(C)C1. The van der Waals surface area contributed by atoms with Gasteiger partial charge in [0.25, 0.3) is 0 Å². The Hall–Kier alpha value is -1.68. The Morgan fingerprint density at radius 3 is 2.38 bits per heavy atom. The van der Waals surface area contributed by atoms with E-state index >= 15 is 0 Å². The number of nitrogens with zero attached hydrogens (tertiary/aromatic N) is 2. The molecule has 2 aromatic rings. The van der Waals surface area contributed by atoms with E-state index in [2.05, 4.69) is 67.8 Å². The molecule has 0 radical (unpaired) electrons. The number of benzene rings is 2. The van der Waals surface area contributed by atoms with Gasteiger partial charge in [-0.05, 0) is 81.8 Å². The van der Waals surface area contributed by atoms with Crippen LogP contribution in [0.5, 0.6) is 5.75 Å². The first-order valence-electron chi connectivity index (χ1n) is 12.6. The molecule has 34 heavy (non-hydrogen) atoms. The molecular formula is C29H40Cl2N2O. The van der Waals surface area contributed by atoms with Gasteiger partial charge in [-0.25, -0.2) is 0 Å². The lowest BCUT2D eigenvalue weighted by molar-refractivity contribution is 0.0296. The first-order chi connectivity index (χ1) is 16.4. The maximum absolute atomic E-state index is 6.29. The zero-order valence-corrected chi connectivity index (χ0v) is 22.9. The van der Waals surface area contributed by atoms with E-state index in [9.17, 15) is 0 Å². The predicted molar refractivity (Wildman–Crippen MR) is 148 cm³/mol. The maximum Gasteiger partial charge on any atom is 0.143 e. The summed E-state index contributed by atoms with van der Waals surface area (Å²) in [5.74, 6) is 1.34. The average molecular weight is 504 g/mol. The fourth-order valence-electron chi connectivity index (χ4n) is 5.85. The number of hydrogen-bond acceptors (Lipinski definition) is 3. The third-order valence-electron chi connectivity index (χ3n) is 7.40. The first kappa shape index (κ1) is 26.9. The Kier molecular flexibility index (Phi) is 9.76. The van der Waals surface area contributed by atoms with Crippen molar-refractivity contribution in [1.82, 2.24) is 4.90 Å². The van der Waals surface area contributed by atoms with Crippen LogP contribution in [0.3, 0.4) is 0 Å². The van der Waals surface area contributed by atoms with Crippen LogP contribution >= 0.6 is 23.2 Å². The summed E-state index contributed by atoms with van der Waals surface area (Å²) in [6.07, 6.45) is 8.91. The fourth-order valence-corrected chi connectivity index (χ4v) is 6.14. The standard InChI is InChI=1S/C29H40Cl2N2O/c1-6-9-19-32(18-7-2)29(23-10-12-24(30)13-11-23)17-16-26(22(4)21-29)33(8-3)27-15-14-25(31)20-28(27)34-5/h6,9-15,20,22,26H,7-8,16-19,21H2,1-5H3. The molecule has 2 aromatic carbocycles. The fraction of sp³-hybridized carbons (Fsp3) is 0.517. The lowest BCUT2D eigenvalue weighted by Gasteiger charge is -2.53. The molecule has 0 aliphatic heterocycles. The summed E-state index contributed by atoms with van der Waals surface area (Å²) in [5, 5.41) is 1.50. The van der Waals surface area contributed by atoms with Crippen LogP contribution in [0.25, 0.3) is 0 Å². The highest BCUT2D eigenvalue weighted by atomic mass is 35.5. The van der Waals surface area contributed by atoms with Gasteiger partial charge in [0.1, 0.15) is 5.75 Å². The maximum atomic E-state index is 6.29. The van der Waals surface area contributed by atoms with E-state index in [1.54, 1.807) is 7.11 Å². The van der Waals surface area contributed by atoms with Crippen molar-refractivity contribution < 1.29 is 4.74 Å². The molecule has 0 heterocycles. The molecule has 0 bridgehead atoms. The molecule has 0 spiro atoms. The van der Waals surface area contributed by atoms with Crippen LogP contribution in [0.2, 0.25) is 10.0 Å². The van der Waals surface area contributed by atoms with Gasteiger partial charge < -0.3 is 9.64 Å². The van der Waals surface area contributed by atoms with Gasteiger partial charge in [-0.3, -0.25) is 4.90 Å². The van der Waals surface area contributed by atoms with Crippen molar-refractivity contribution in [1.29, 1.82) is 0 Å². The van der Waals surface area contributed by atoms with Crippen LogP contribution in [0, 0.1) is 5.92 Å². The Morgan fingerprint density at radius 1 is 1.09 bits per heavy atom. The van der Waals surface area contributed by atoms with E-state index < -0.39 is 0 Å². The van der Waals surface area contributed by atoms with E-state index in [1.807, 2.05) is 24.3 Å². The second-order valence-corrected chi connectivity index (χ2v) is 10.3. The first-order valence-corrected chi connectivity index (χ1v) is 13.4. The Bertz CT molecular complexity index is 946. The number of rotatable bonds is 10. The summed E-state index contributed by atoms with van der Waals surface area (Å²) in [6.45, 7) is 12.0. The largest absolute Gasteiger partial charge is 0.495 e. The van der Waals surface area contributed by atoms with Gasteiger partial charge >= 0.3 is 0 Å². The minimum absolute atomic E-state index is 0.000477. The summed E-state index contributed by atoms with van der Waals surface area (Å²) >= 11 is 12.5. The normalized spacial score (nSPS) is 22.9. The van der Waals surface area contributed by atoms with Gasteiger partial charge in [-0.1, -0.05) is 61.3 Å². The Morgan fingerprint density at radius 2 is 1.79 bits per heavy atom. The van der Waals surface area contributed by atoms with Gasteiger partial charge in [0.05, 0.1) is 12.8 Å². The van der Waals surface area contributed by atoms with Crippen molar-refractivity contribution in [2.45, 2.75) is 65.0 Å². The smallest absolute Gasteiger partial charge is 0.143 e. The minimum atomic E-state index is -0.000477. The third kappa shape index (κ3) is 5.75. The summed E-state index contributed by atoms with van der Waals surface area (Å²) in [5.41, 5.74) is 2.51. The van der Waals surface area contributed by atoms with Crippen LogP contribution in [-0.2, 0) is 5.54 Å². The highest BCUT2D eigenvalue weighted by molar-refractivity contribution is 6.31. The molecule has 3 atom stereocenters. The lowest BCUT2D eigenvalue weighted by Crippen LogP contribution is -2.55. The number of methoxy groups -OCH3 is 1. The summed E-state index contributed by atoms with van der Waals surface area (Å²) < 4.78 is 5.72. The number of allylic oxidation sites excluding steroid dienone is 1. The van der Waals surface area contributed by atoms with E-state index in [0.29, 0.717) is 17.0 Å². The number of halogens is 2. The second kappa shape index (κ2) is 12.3. The molecule has 0 amide bonds. The van der Waals surface area contributed by atoms with E-state index in [4.69, 9.17) is 27.9 Å². The van der Waals surface area contributed by atoms with Gasteiger partial charge in [0, 0.05) is 40.8 Å². The lowest BCUT2D eigenvalue weighted by atomic mass is 9.68. The van der Waals surface area contributed by atoms with Crippen LogP contribution < -0.4 is 9.64 Å². The van der Waals surface area contributed by atoms with Crippen molar-refractivity contribution in [3.05, 3.63) is 70.2 Å². The zero-order valence-electron chi connectivity index (χ0n) is 21.4. The quantitative estimate of drug-likeness (QED) is 0.304. The molecule has 1 saturated carbocycles. The molecule has 1 aliphatic carbocycles. The summed E-state index contributed by atoms with van der Waals surface area (Å²) in [6, 6.07) is 15.0. The molecule has 3 unspecified atom stereocenters. The molecule has 3 rings (SSSR count). The molecular weight excluding hydrogens is 463 g/mol. The van der Waals surface area contributed by atoms with Crippen LogP contribution in [0.15, 0.2) is 54.6 Å². The van der Waals surface area contributed by atoms with Crippen LogP contribution in [0.4, 0.5) is 5.69 Å². The van der Waals surface area contributed by atoms with Crippen molar-refractivity contribution in [3.8, 4) is 5.75 Å². The minimum Gasteiger partial charge on any atom is -0.495 e. The Balaban J connectivity index is 1.98. The number of hydrogen-bond donors (Lipinski definition) is 0. The molecule has 3 nitrogen and oxygen atoms in total. The molecule has 5 heteroatoms. The van der Waals surface area contributed by atoms with Gasteiger partial charge in [-0.2, -0.15) is 0 Å². The van der Waals surface area contributed by atoms with E-state index in [1.165, 1.54) is 5.56 Å². The van der Waals surface area contributed by atoms with Crippen molar-refractivity contribution >= 4 is 28.9 Å². The zero-order chi connectivity index (χ0) is 24.7. The van der Waals surface area contributed by atoms with E-state index in [-0.39, 0.29) is 5.54 Å². The van der Waals surface area contributed by atoms with Crippen LogP contribution in [0.1, 0.15) is 58.9 Å². The van der Waals surface area contributed by atoms with Gasteiger partial charge in [0.15, 0.2) is 0 Å².